The molecule has 0 radical (unpaired) electrons. The molecule has 0 unspecified atom stereocenters. The van der Waals surface area contributed by atoms with Gasteiger partial charge in [-0.25, -0.2) is 0 Å². The minimum Gasteiger partial charge on any atom is -0.480 e. The van der Waals surface area contributed by atoms with E-state index in [2.05, 4.69) is 0 Å². The quantitative estimate of drug-likeness (QED) is 0.209. The van der Waals surface area contributed by atoms with Gasteiger partial charge in [0, 0.05) is 13.1 Å². The lowest BCUT2D eigenvalue weighted by Crippen LogP contribution is -2.34. The van der Waals surface area contributed by atoms with E-state index in [1.807, 2.05) is 5.32 Å². The topological polar surface area (TPSA) is 171 Å². The number of carboxylic acids is 2. The lowest BCUT2D eigenvalue weighted by Gasteiger charge is -2.16. The van der Waals surface area contributed by atoms with Gasteiger partial charge >= 0.3 is 11.9 Å². The monoisotopic (exact) mass is 284 g/mol. The second-order valence-electron chi connectivity index (χ2n) is 3.27. The van der Waals surface area contributed by atoms with Gasteiger partial charge in [-0.3, -0.25) is 19.8 Å². The highest BCUT2D eigenvalue weighted by molar-refractivity contribution is 5.69. The zero-order valence-corrected chi connectivity index (χ0v) is 10.3. The molecule has 0 rings (SSSR count). The zero-order chi connectivity index (χ0) is 15.3. The summed E-state index contributed by atoms with van der Waals surface area (Å²) in [4.78, 5) is 21.2. The van der Waals surface area contributed by atoms with Gasteiger partial charge in [0.25, 0.3) is 0 Å². The Morgan fingerprint density at radius 3 is 1.68 bits per heavy atom. The van der Waals surface area contributed by atoms with Gasteiger partial charge in [0.15, 0.2) is 0 Å². The Hall–Kier alpha value is -1.30. The number of hydrogen-bond acceptors (Lipinski definition) is 8. The number of aliphatic hydroxyl groups is 4. The molecule has 0 aromatic rings. The van der Waals surface area contributed by atoms with Gasteiger partial charge in [-0.15, -0.1) is 0 Å². The molecule has 114 valence electrons. The number of carbonyl (C=O) groups is 2. The summed E-state index contributed by atoms with van der Waals surface area (Å²) in [5, 5.41) is 51.0. The molecule has 10 heteroatoms. The van der Waals surface area contributed by atoms with E-state index in [1.165, 1.54) is 4.90 Å². The number of hydrogen-bond donors (Lipinski definition) is 7. The Kier molecular flexibility index (Phi) is 13.8. The number of rotatable bonds is 9. The van der Waals surface area contributed by atoms with Crippen molar-refractivity contribution in [2.45, 2.75) is 6.41 Å². The van der Waals surface area contributed by atoms with Crippen LogP contribution in [0.4, 0.5) is 0 Å². The highest BCUT2D eigenvalue weighted by atomic mass is 16.5. The third kappa shape index (κ3) is 19.2. The lowest BCUT2D eigenvalue weighted by molar-refractivity contribution is -0.139. The molecule has 0 heterocycles. The fourth-order valence-electron chi connectivity index (χ4n) is 0.923. The molecular weight excluding hydrogens is 264 g/mol. The first-order valence-corrected chi connectivity index (χ1v) is 5.30. The maximum absolute atomic E-state index is 10.2. The van der Waals surface area contributed by atoms with E-state index in [9.17, 15) is 9.59 Å². The second-order valence-corrected chi connectivity index (χ2v) is 3.27. The average molecular weight is 284 g/mol. The van der Waals surface area contributed by atoms with Crippen molar-refractivity contribution in [1.29, 1.82) is 0 Å². The van der Waals surface area contributed by atoms with Crippen molar-refractivity contribution >= 4 is 11.9 Å². The molecule has 0 spiro atoms. The Morgan fingerprint density at radius 2 is 1.47 bits per heavy atom. The first kappa shape index (κ1) is 20.0. The van der Waals surface area contributed by atoms with Crippen LogP contribution in [-0.4, -0.2) is 93.3 Å². The molecule has 0 aliphatic heterocycles. The van der Waals surface area contributed by atoms with Crippen LogP contribution >= 0.6 is 0 Å². The predicted molar refractivity (Wildman–Crippen MR) is 62.1 cm³/mol. The SMILES string of the molecule is O=C(O)CN(CCO)CCO.O=C(O)CNC(O)O. The zero-order valence-electron chi connectivity index (χ0n) is 10.3. The van der Waals surface area contributed by atoms with E-state index in [0.717, 1.165) is 0 Å². The summed E-state index contributed by atoms with van der Waals surface area (Å²) < 4.78 is 0. The van der Waals surface area contributed by atoms with E-state index in [1.54, 1.807) is 0 Å². The fraction of sp³-hybridized carbons (Fsp3) is 0.778. The van der Waals surface area contributed by atoms with Crippen molar-refractivity contribution in [3.05, 3.63) is 0 Å². The van der Waals surface area contributed by atoms with Gasteiger partial charge in [0.2, 0.25) is 6.41 Å². The van der Waals surface area contributed by atoms with Gasteiger partial charge < -0.3 is 30.6 Å². The minimum atomic E-state index is -1.74. The molecule has 10 nitrogen and oxygen atoms in total. The Morgan fingerprint density at radius 1 is 1.00 bits per heavy atom. The largest absolute Gasteiger partial charge is 0.480 e. The third-order valence-corrected chi connectivity index (χ3v) is 1.63. The number of nitrogens with one attached hydrogen (secondary N) is 1. The molecule has 19 heavy (non-hydrogen) atoms. The van der Waals surface area contributed by atoms with Crippen LogP contribution in [0.3, 0.4) is 0 Å². The van der Waals surface area contributed by atoms with Crippen LogP contribution in [0.2, 0.25) is 0 Å². The van der Waals surface area contributed by atoms with Gasteiger partial charge in [-0.2, -0.15) is 0 Å². The molecule has 0 saturated carbocycles. The summed E-state index contributed by atoms with van der Waals surface area (Å²) in [6.45, 7) is -0.195. The van der Waals surface area contributed by atoms with E-state index in [0.29, 0.717) is 0 Å². The van der Waals surface area contributed by atoms with Crippen LogP contribution in [0, 0.1) is 0 Å². The molecule has 0 amide bonds. The molecule has 0 saturated heterocycles. The molecular formula is C9H20N2O8. The van der Waals surface area contributed by atoms with Crippen molar-refractivity contribution in [3.63, 3.8) is 0 Å². The molecule has 0 fully saturated rings. The van der Waals surface area contributed by atoms with Crippen LogP contribution in [0.15, 0.2) is 0 Å². The van der Waals surface area contributed by atoms with Crippen LogP contribution in [-0.2, 0) is 9.59 Å². The van der Waals surface area contributed by atoms with Gasteiger partial charge in [0.1, 0.15) is 0 Å². The molecule has 0 aromatic carbocycles. The highest BCUT2D eigenvalue weighted by Gasteiger charge is 2.06. The van der Waals surface area contributed by atoms with Crippen molar-refractivity contribution in [3.8, 4) is 0 Å². The van der Waals surface area contributed by atoms with Crippen molar-refractivity contribution in [2.75, 3.05) is 39.4 Å². The molecule has 0 aromatic heterocycles. The first-order chi connectivity index (χ1) is 8.83. The number of nitrogens with zero attached hydrogens (tertiary/aromatic N) is 1. The smallest absolute Gasteiger partial charge is 0.317 e. The van der Waals surface area contributed by atoms with Crippen LogP contribution in [0.1, 0.15) is 0 Å². The van der Waals surface area contributed by atoms with Crippen LogP contribution in [0.5, 0.6) is 0 Å². The van der Waals surface area contributed by atoms with Crippen molar-refractivity contribution < 1.29 is 40.2 Å². The maximum atomic E-state index is 10.2. The van der Waals surface area contributed by atoms with Crippen molar-refractivity contribution in [2.24, 2.45) is 0 Å². The van der Waals surface area contributed by atoms with E-state index < -0.39 is 24.9 Å². The lowest BCUT2D eigenvalue weighted by atomic mass is 10.4. The van der Waals surface area contributed by atoms with E-state index >= 15 is 0 Å². The third-order valence-electron chi connectivity index (χ3n) is 1.63. The Balaban J connectivity index is 0. The number of carboxylic acid groups (broad SMARTS) is 2. The number of aliphatic carboxylic acids is 2. The Labute approximate surface area is 109 Å². The Bertz CT molecular complexity index is 242. The van der Waals surface area contributed by atoms with E-state index in [4.69, 9.17) is 30.6 Å². The maximum Gasteiger partial charge on any atom is 0.317 e. The normalized spacial score (nSPS) is 10.2. The molecule has 0 aliphatic carbocycles. The molecule has 7 N–H and O–H groups in total. The summed E-state index contributed by atoms with van der Waals surface area (Å²) in [5.74, 6) is -2.08. The first-order valence-electron chi connectivity index (χ1n) is 5.30. The molecule has 0 aliphatic rings. The van der Waals surface area contributed by atoms with Crippen molar-refractivity contribution in [1.82, 2.24) is 10.2 Å². The van der Waals surface area contributed by atoms with Crippen LogP contribution < -0.4 is 5.32 Å². The van der Waals surface area contributed by atoms with Gasteiger partial charge in [-0.05, 0) is 0 Å². The summed E-state index contributed by atoms with van der Waals surface area (Å²) in [5.41, 5.74) is 0. The highest BCUT2D eigenvalue weighted by Crippen LogP contribution is 1.85. The van der Waals surface area contributed by atoms with Gasteiger partial charge in [-0.1, -0.05) is 0 Å². The minimum absolute atomic E-state index is 0.0900. The standard InChI is InChI=1S/C6H13NO4.C3H7NO4/c8-3-1-7(2-4-9)5-6(10)11;5-2(6)1-4-3(7)8/h8-9H,1-5H2,(H,10,11);3-4,7-8H,1H2,(H,5,6). The summed E-state index contributed by atoms with van der Waals surface area (Å²) in [7, 11) is 0. The second kappa shape index (κ2) is 13.1. The fourth-order valence-corrected chi connectivity index (χ4v) is 0.923. The molecule has 0 atom stereocenters. The summed E-state index contributed by atoms with van der Waals surface area (Å²) >= 11 is 0. The predicted octanol–water partition coefficient (Wildman–Crippen LogP) is -3.71. The summed E-state index contributed by atoms with van der Waals surface area (Å²) in [6, 6.07) is 0. The van der Waals surface area contributed by atoms with Crippen LogP contribution in [0.25, 0.3) is 0 Å². The number of aliphatic hydroxyl groups excluding tert-OH is 3. The van der Waals surface area contributed by atoms with Gasteiger partial charge in [0.05, 0.1) is 26.3 Å². The average Bonchev–Trinajstić information content (AvgIpc) is 2.27. The summed E-state index contributed by atoms with van der Waals surface area (Å²) in [6.07, 6.45) is -1.74. The molecule has 0 bridgehead atoms. The van der Waals surface area contributed by atoms with E-state index in [-0.39, 0.29) is 32.8 Å².